The number of benzene rings is 1. The van der Waals surface area contributed by atoms with Crippen LogP contribution in [0.1, 0.15) is 0 Å². The van der Waals surface area contributed by atoms with Gasteiger partial charge in [-0.3, -0.25) is 0 Å². The summed E-state index contributed by atoms with van der Waals surface area (Å²) >= 11 is 5.20. The molecule has 0 bridgehead atoms. The van der Waals surface area contributed by atoms with Crippen LogP contribution >= 0.6 is 27.3 Å². The lowest BCUT2D eigenvalue weighted by molar-refractivity contribution is -0.666. The average Bonchev–Trinajstić information content (AvgIpc) is 2.59. The molecule has 0 amide bonds. The lowest BCUT2D eigenvalue weighted by Gasteiger charge is -1.94. The van der Waals surface area contributed by atoms with Crippen molar-refractivity contribution in [1.82, 2.24) is 0 Å². The van der Waals surface area contributed by atoms with Crippen LogP contribution in [0.5, 0.6) is 0 Å². The molecule has 0 radical (unpaired) electrons. The normalized spacial score (nSPS) is 10.8. The molecule has 0 fully saturated rings. The van der Waals surface area contributed by atoms with Crippen molar-refractivity contribution in [2.45, 2.75) is 0 Å². The van der Waals surface area contributed by atoms with Crippen LogP contribution in [0.15, 0.2) is 39.6 Å². The van der Waals surface area contributed by atoms with E-state index in [1.54, 1.807) is 11.3 Å². The van der Waals surface area contributed by atoms with E-state index < -0.39 is 7.25 Å². The molecule has 98 valence electrons. The molecular weight excluding hydrogens is 333 g/mol. The molecule has 1 heterocycles. The second-order valence-electron chi connectivity index (χ2n) is 3.29. The highest BCUT2D eigenvalue weighted by atomic mass is 79.9. The zero-order chi connectivity index (χ0) is 13.8. The molecule has 0 N–H and O–H groups in total. The van der Waals surface area contributed by atoms with E-state index in [2.05, 4.69) is 57.2 Å². The van der Waals surface area contributed by atoms with Gasteiger partial charge in [0.1, 0.15) is 7.05 Å². The number of hydrogen-bond acceptors (Lipinski definition) is 1. The first-order valence-electron chi connectivity index (χ1n) is 4.85. The number of aromatic nitrogens is 1. The SMILES string of the molecule is C[n+]1c(-c2ccccc2)csc1Br.F[B-](F)(F)F. The van der Waals surface area contributed by atoms with Crippen molar-refractivity contribution in [2.24, 2.45) is 7.05 Å². The average molecular weight is 342 g/mol. The van der Waals surface area contributed by atoms with E-state index in [9.17, 15) is 17.3 Å². The van der Waals surface area contributed by atoms with Gasteiger partial charge in [0.25, 0.3) is 0 Å². The van der Waals surface area contributed by atoms with Crippen molar-refractivity contribution in [3.8, 4) is 11.3 Å². The van der Waals surface area contributed by atoms with Gasteiger partial charge in [-0.15, -0.1) is 0 Å². The fraction of sp³-hybridized carbons (Fsp3) is 0.100. The predicted octanol–water partition coefficient (Wildman–Crippen LogP) is 4.30. The van der Waals surface area contributed by atoms with Gasteiger partial charge in [0, 0.05) is 21.5 Å². The van der Waals surface area contributed by atoms with Crippen LogP contribution in [0.2, 0.25) is 0 Å². The van der Waals surface area contributed by atoms with Crippen molar-refractivity contribution >= 4 is 34.5 Å². The molecule has 0 unspecified atom stereocenters. The molecule has 0 saturated heterocycles. The maximum Gasteiger partial charge on any atom is 0.673 e. The Morgan fingerprint density at radius 1 is 1.11 bits per heavy atom. The standard InChI is InChI=1S/C10H9BrNS.BF4/c1-12-9(7-13-10(12)11)8-5-3-2-4-6-8;2-1(3,4)5/h2-7H,1H3;/q+1;-1. The lowest BCUT2D eigenvalue weighted by atomic mass is 10.2. The first-order valence-corrected chi connectivity index (χ1v) is 6.52. The van der Waals surface area contributed by atoms with Gasteiger partial charge in [0.05, 0.1) is 5.38 Å². The first kappa shape index (κ1) is 15.2. The fourth-order valence-electron chi connectivity index (χ4n) is 1.23. The molecule has 0 aliphatic rings. The number of hydrogen-bond donors (Lipinski definition) is 0. The summed E-state index contributed by atoms with van der Waals surface area (Å²) in [6.45, 7) is 0. The smallest absolute Gasteiger partial charge is 0.418 e. The topological polar surface area (TPSA) is 3.88 Å². The number of nitrogens with zero attached hydrogens (tertiary/aromatic N) is 1. The van der Waals surface area contributed by atoms with Gasteiger partial charge in [-0.1, -0.05) is 29.5 Å². The number of thiazole rings is 1. The van der Waals surface area contributed by atoms with Crippen molar-refractivity contribution in [1.29, 1.82) is 0 Å². The Morgan fingerprint density at radius 3 is 2.00 bits per heavy atom. The Kier molecular flexibility index (Phi) is 5.34. The summed E-state index contributed by atoms with van der Waals surface area (Å²) in [5.74, 6) is 0. The van der Waals surface area contributed by atoms with E-state index in [0.717, 1.165) is 3.92 Å². The second-order valence-corrected chi connectivity index (χ2v) is 5.43. The Balaban J connectivity index is 0.000000280. The van der Waals surface area contributed by atoms with Crippen molar-refractivity contribution in [3.05, 3.63) is 39.6 Å². The summed E-state index contributed by atoms with van der Waals surface area (Å²) in [4.78, 5) is 0. The molecule has 18 heavy (non-hydrogen) atoms. The van der Waals surface area contributed by atoms with Gasteiger partial charge < -0.3 is 17.3 Å². The molecule has 2 rings (SSSR count). The van der Waals surface area contributed by atoms with Crippen LogP contribution < -0.4 is 4.57 Å². The molecule has 0 atom stereocenters. The molecule has 0 aliphatic carbocycles. The minimum absolute atomic E-state index is 1.14. The first-order chi connectivity index (χ1) is 8.29. The lowest BCUT2D eigenvalue weighted by Crippen LogP contribution is -2.29. The Labute approximate surface area is 114 Å². The quantitative estimate of drug-likeness (QED) is 0.413. The highest BCUT2D eigenvalue weighted by Crippen LogP contribution is 2.22. The third-order valence-electron chi connectivity index (χ3n) is 1.96. The van der Waals surface area contributed by atoms with Crippen molar-refractivity contribution < 1.29 is 21.8 Å². The number of rotatable bonds is 1. The minimum Gasteiger partial charge on any atom is -0.418 e. The summed E-state index contributed by atoms with van der Waals surface area (Å²) < 4.78 is 42.3. The highest BCUT2D eigenvalue weighted by molar-refractivity contribution is 9.11. The van der Waals surface area contributed by atoms with E-state index >= 15 is 0 Å². The van der Waals surface area contributed by atoms with E-state index in [0.29, 0.717) is 0 Å². The summed E-state index contributed by atoms with van der Waals surface area (Å²) in [5, 5.41) is 2.15. The summed E-state index contributed by atoms with van der Waals surface area (Å²) in [5.41, 5.74) is 2.50. The van der Waals surface area contributed by atoms with Gasteiger partial charge in [-0.2, -0.15) is 4.57 Å². The third-order valence-corrected chi connectivity index (χ3v) is 3.86. The second kappa shape index (κ2) is 6.33. The maximum absolute atomic E-state index is 9.75. The molecule has 1 aromatic heterocycles. The van der Waals surface area contributed by atoms with Crippen LogP contribution in [-0.4, -0.2) is 7.25 Å². The molecule has 0 saturated carbocycles. The monoisotopic (exact) mass is 341 g/mol. The Morgan fingerprint density at radius 2 is 1.61 bits per heavy atom. The molecule has 8 heteroatoms. The van der Waals surface area contributed by atoms with Gasteiger partial charge in [0.15, 0.2) is 0 Å². The van der Waals surface area contributed by atoms with Crippen LogP contribution in [0.4, 0.5) is 17.3 Å². The van der Waals surface area contributed by atoms with E-state index in [-0.39, 0.29) is 0 Å². The van der Waals surface area contributed by atoms with Crippen LogP contribution in [0.25, 0.3) is 11.3 Å². The minimum atomic E-state index is -6.00. The Hall–Kier alpha value is -0.885. The van der Waals surface area contributed by atoms with E-state index in [1.165, 1.54) is 11.3 Å². The Bertz CT molecular complexity index is 494. The highest BCUT2D eigenvalue weighted by Gasteiger charge is 2.20. The molecule has 0 spiro atoms. The molecule has 1 nitrogen and oxygen atoms in total. The van der Waals surface area contributed by atoms with Crippen LogP contribution in [-0.2, 0) is 7.05 Å². The summed E-state index contributed by atoms with van der Waals surface area (Å²) in [6.07, 6.45) is 0. The van der Waals surface area contributed by atoms with Crippen LogP contribution in [0.3, 0.4) is 0 Å². The number of halogens is 5. The third kappa shape index (κ3) is 5.18. The zero-order valence-electron chi connectivity index (χ0n) is 9.29. The molecule has 1 aromatic carbocycles. The van der Waals surface area contributed by atoms with E-state index in [1.807, 2.05) is 6.07 Å². The summed E-state index contributed by atoms with van der Waals surface area (Å²) in [7, 11) is -3.94. The fourth-order valence-corrected chi connectivity index (χ4v) is 2.46. The molecular formula is C10H9BBrF4NS. The molecule has 0 aliphatic heterocycles. The van der Waals surface area contributed by atoms with Gasteiger partial charge >= 0.3 is 11.2 Å². The van der Waals surface area contributed by atoms with E-state index in [4.69, 9.17) is 0 Å². The van der Waals surface area contributed by atoms with Gasteiger partial charge in [-0.05, 0) is 12.1 Å². The summed E-state index contributed by atoms with van der Waals surface area (Å²) in [6, 6.07) is 10.4. The maximum atomic E-state index is 9.75. The van der Waals surface area contributed by atoms with Crippen molar-refractivity contribution in [3.63, 3.8) is 0 Å². The van der Waals surface area contributed by atoms with Crippen molar-refractivity contribution in [2.75, 3.05) is 0 Å². The predicted molar refractivity (Wildman–Crippen MR) is 68.8 cm³/mol. The largest absolute Gasteiger partial charge is 0.673 e. The molecule has 2 aromatic rings. The van der Waals surface area contributed by atoms with Crippen LogP contribution in [0, 0.1) is 0 Å². The van der Waals surface area contributed by atoms with Gasteiger partial charge in [0.2, 0.25) is 5.69 Å². The zero-order valence-corrected chi connectivity index (χ0v) is 11.7. The van der Waals surface area contributed by atoms with Gasteiger partial charge in [-0.25, -0.2) is 0 Å².